The Bertz CT molecular complexity index is 374. The second kappa shape index (κ2) is 3.02. The molecule has 1 aromatic carbocycles. The maximum Gasteiger partial charge on any atom is 0.245 e. The number of hydrogen-bond acceptors (Lipinski definition) is 2. The molecule has 0 spiro atoms. The van der Waals surface area contributed by atoms with Crippen molar-refractivity contribution in [3.05, 3.63) is 29.8 Å². The molecule has 1 amide bonds. The zero-order chi connectivity index (χ0) is 10.3. The van der Waals surface area contributed by atoms with Crippen molar-refractivity contribution in [1.29, 1.82) is 0 Å². The molecule has 0 saturated carbocycles. The van der Waals surface area contributed by atoms with Gasteiger partial charge in [-0.3, -0.25) is 4.79 Å². The molecule has 14 heavy (non-hydrogen) atoms. The zero-order valence-corrected chi connectivity index (χ0v) is 7.21. The van der Waals surface area contributed by atoms with Crippen LogP contribution in [0.4, 0.5) is 14.5 Å². The van der Waals surface area contributed by atoms with E-state index >= 15 is 0 Å². The minimum absolute atomic E-state index is 0.217. The van der Waals surface area contributed by atoms with Gasteiger partial charge >= 0.3 is 0 Å². The van der Waals surface area contributed by atoms with Gasteiger partial charge in [-0.1, -0.05) is 0 Å². The number of halogens is 2. The Morgan fingerprint density at radius 2 is 1.86 bits per heavy atom. The van der Waals surface area contributed by atoms with Gasteiger partial charge in [0.2, 0.25) is 5.91 Å². The smallest absolute Gasteiger partial charge is 0.245 e. The number of nitrogens with zero attached hydrogens (tertiary/aromatic N) is 1. The molecule has 2 N–H and O–H groups in total. The number of amides is 1. The Hall–Kier alpha value is -1.49. The number of benzene rings is 1. The van der Waals surface area contributed by atoms with E-state index in [9.17, 15) is 13.6 Å². The highest BCUT2D eigenvalue weighted by atomic mass is 19.1. The summed E-state index contributed by atoms with van der Waals surface area (Å²) >= 11 is 0. The van der Waals surface area contributed by atoms with Gasteiger partial charge in [0.1, 0.15) is 17.7 Å². The molecule has 1 aliphatic heterocycles. The van der Waals surface area contributed by atoms with Gasteiger partial charge in [-0.05, 0) is 12.1 Å². The molecule has 1 aliphatic rings. The first-order chi connectivity index (χ1) is 6.58. The van der Waals surface area contributed by atoms with Gasteiger partial charge in [0, 0.05) is 11.8 Å². The normalized spacial score (nSPS) is 20.9. The van der Waals surface area contributed by atoms with Crippen LogP contribution in [0.5, 0.6) is 0 Å². The molecule has 1 saturated heterocycles. The van der Waals surface area contributed by atoms with Crippen LogP contribution in [0.25, 0.3) is 0 Å². The Kier molecular flexibility index (Phi) is 1.96. The van der Waals surface area contributed by atoms with Gasteiger partial charge in [-0.2, -0.15) is 0 Å². The first kappa shape index (κ1) is 9.08. The lowest BCUT2D eigenvalue weighted by atomic mass is 10.1. The van der Waals surface area contributed by atoms with Crippen LogP contribution < -0.4 is 10.6 Å². The van der Waals surface area contributed by atoms with Gasteiger partial charge in [-0.25, -0.2) is 8.78 Å². The first-order valence-corrected chi connectivity index (χ1v) is 4.11. The standard InChI is InChI=1S/C9H8F2N2O/c10-5-1-6(11)3-7(2-5)13-4-8(12)9(13)14/h1-3,8H,4,12H2. The van der Waals surface area contributed by atoms with E-state index < -0.39 is 17.7 Å². The van der Waals surface area contributed by atoms with Crippen LogP contribution in [0.3, 0.4) is 0 Å². The quantitative estimate of drug-likeness (QED) is 0.673. The van der Waals surface area contributed by atoms with Gasteiger partial charge in [-0.15, -0.1) is 0 Å². The number of carbonyl (C=O) groups is 1. The summed E-state index contributed by atoms with van der Waals surface area (Å²) in [6.07, 6.45) is 0. The fourth-order valence-electron chi connectivity index (χ4n) is 1.38. The van der Waals surface area contributed by atoms with Crippen molar-refractivity contribution in [3.8, 4) is 0 Å². The molecule has 1 aromatic rings. The monoisotopic (exact) mass is 198 g/mol. The largest absolute Gasteiger partial charge is 0.318 e. The Balaban J connectivity index is 2.29. The Morgan fingerprint density at radius 3 is 2.29 bits per heavy atom. The predicted octanol–water partition coefficient (Wildman–Crippen LogP) is 0.639. The summed E-state index contributed by atoms with van der Waals surface area (Å²) in [6, 6.07) is 2.43. The summed E-state index contributed by atoms with van der Waals surface area (Å²) in [5.74, 6) is -1.71. The summed E-state index contributed by atoms with van der Waals surface area (Å²) in [4.78, 5) is 12.4. The van der Waals surface area contributed by atoms with Crippen molar-refractivity contribution in [3.63, 3.8) is 0 Å². The van der Waals surface area contributed by atoms with Crippen molar-refractivity contribution >= 4 is 11.6 Å². The lowest BCUT2D eigenvalue weighted by Gasteiger charge is -2.36. The van der Waals surface area contributed by atoms with E-state index in [1.807, 2.05) is 0 Å². The molecule has 1 fully saturated rings. The summed E-state index contributed by atoms with van der Waals surface area (Å²) in [5, 5.41) is 0. The highest BCUT2D eigenvalue weighted by Crippen LogP contribution is 2.23. The van der Waals surface area contributed by atoms with E-state index in [-0.39, 0.29) is 11.6 Å². The zero-order valence-electron chi connectivity index (χ0n) is 7.21. The molecular weight excluding hydrogens is 190 g/mol. The predicted molar refractivity (Wildman–Crippen MR) is 46.7 cm³/mol. The molecule has 74 valence electrons. The lowest BCUT2D eigenvalue weighted by Crippen LogP contribution is -2.61. The third-order valence-corrected chi connectivity index (χ3v) is 2.12. The summed E-state index contributed by atoms with van der Waals surface area (Å²) in [7, 11) is 0. The van der Waals surface area contributed by atoms with Crippen LogP contribution >= 0.6 is 0 Å². The van der Waals surface area contributed by atoms with Crippen LogP contribution in [0.1, 0.15) is 0 Å². The summed E-state index contributed by atoms with van der Waals surface area (Å²) in [5.41, 5.74) is 5.56. The summed E-state index contributed by atoms with van der Waals surface area (Å²) < 4.78 is 25.5. The average molecular weight is 198 g/mol. The van der Waals surface area contributed by atoms with Gasteiger partial charge in [0.05, 0.1) is 6.54 Å². The minimum atomic E-state index is -0.701. The van der Waals surface area contributed by atoms with E-state index in [0.29, 0.717) is 6.54 Å². The number of β-lactam (4-membered cyclic amide) rings is 1. The number of hydrogen-bond donors (Lipinski definition) is 1. The van der Waals surface area contributed by atoms with Crippen LogP contribution in [-0.2, 0) is 4.79 Å². The third-order valence-electron chi connectivity index (χ3n) is 2.12. The van der Waals surface area contributed by atoms with Gasteiger partial charge in [0.25, 0.3) is 0 Å². The first-order valence-electron chi connectivity index (χ1n) is 4.11. The van der Waals surface area contributed by atoms with Gasteiger partial charge in [0.15, 0.2) is 0 Å². The van der Waals surface area contributed by atoms with E-state index in [2.05, 4.69) is 0 Å². The topological polar surface area (TPSA) is 46.3 Å². The third kappa shape index (κ3) is 1.35. The fraction of sp³-hybridized carbons (Fsp3) is 0.222. The molecule has 3 nitrogen and oxygen atoms in total. The number of carbonyl (C=O) groups excluding carboxylic acids is 1. The number of nitrogens with two attached hydrogens (primary N) is 1. The SMILES string of the molecule is NC1CN(c2cc(F)cc(F)c2)C1=O. The second-order valence-electron chi connectivity index (χ2n) is 3.18. The van der Waals surface area contributed by atoms with Crippen LogP contribution in [-0.4, -0.2) is 18.5 Å². The Morgan fingerprint density at radius 1 is 1.29 bits per heavy atom. The molecule has 2 rings (SSSR count). The molecule has 1 heterocycles. The van der Waals surface area contributed by atoms with Crippen molar-refractivity contribution in [1.82, 2.24) is 0 Å². The molecular formula is C9H8F2N2O. The highest BCUT2D eigenvalue weighted by Gasteiger charge is 2.34. The molecule has 0 aliphatic carbocycles. The van der Waals surface area contributed by atoms with E-state index in [1.54, 1.807) is 0 Å². The maximum atomic E-state index is 12.8. The molecule has 5 heteroatoms. The van der Waals surface area contributed by atoms with Crippen molar-refractivity contribution in [2.45, 2.75) is 6.04 Å². The van der Waals surface area contributed by atoms with Crippen LogP contribution in [0.15, 0.2) is 18.2 Å². The van der Waals surface area contributed by atoms with Crippen molar-refractivity contribution in [2.24, 2.45) is 5.73 Å². The van der Waals surface area contributed by atoms with E-state index in [0.717, 1.165) is 18.2 Å². The minimum Gasteiger partial charge on any atom is -0.318 e. The fourth-order valence-corrected chi connectivity index (χ4v) is 1.38. The summed E-state index contributed by atoms with van der Waals surface area (Å²) in [6.45, 7) is 0.307. The molecule has 0 radical (unpaired) electrons. The van der Waals surface area contributed by atoms with Gasteiger partial charge < -0.3 is 10.6 Å². The molecule has 0 bridgehead atoms. The molecule has 1 unspecified atom stereocenters. The van der Waals surface area contributed by atoms with Crippen LogP contribution in [0, 0.1) is 11.6 Å². The second-order valence-corrected chi connectivity index (χ2v) is 3.18. The Labute approximate surface area is 79.1 Å². The number of rotatable bonds is 1. The highest BCUT2D eigenvalue weighted by molar-refractivity contribution is 6.03. The molecule has 0 aromatic heterocycles. The van der Waals surface area contributed by atoms with E-state index in [4.69, 9.17) is 5.73 Å². The lowest BCUT2D eigenvalue weighted by molar-refractivity contribution is -0.123. The number of anilines is 1. The van der Waals surface area contributed by atoms with E-state index in [1.165, 1.54) is 4.90 Å². The maximum absolute atomic E-state index is 12.8. The molecule has 1 atom stereocenters. The van der Waals surface area contributed by atoms with Crippen LogP contribution in [0.2, 0.25) is 0 Å². The van der Waals surface area contributed by atoms with Crippen molar-refractivity contribution in [2.75, 3.05) is 11.4 Å². The average Bonchev–Trinajstić information content (AvgIpc) is 2.11. The van der Waals surface area contributed by atoms with Crippen molar-refractivity contribution < 1.29 is 13.6 Å².